The summed E-state index contributed by atoms with van der Waals surface area (Å²) in [6.07, 6.45) is -2.95. The summed E-state index contributed by atoms with van der Waals surface area (Å²) in [6.45, 7) is 25.4. The quantitative estimate of drug-likeness (QED) is 0.0498. The van der Waals surface area contributed by atoms with Crippen LogP contribution >= 0.6 is 0 Å². The Bertz CT molecular complexity index is 4700. The largest absolute Gasteiger partial charge is 0.438 e. The molecular formula is C71H80F6N10O8S. The lowest BCUT2D eigenvalue weighted by atomic mass is 9.85. The van der Waals surface area contributed by atoms with E-state index in [0.717, 1.165) is 114 Å². The highest BCUT2D eigenvalue weighted by atomic mass is 32.2. The van der Waals surface area contributed by atoms with Crippen molar-refractivity contribution in [1.29, 1.82) is 0 Å². The number of ketones is 1. The zero-order valence-corrected chi connectivity index (χ0v) is 56.7. The number of Topliss-reactive ketones (excluding diaryl/α,β-unsaturated/α-hetero) is 1. The molecule has 4 aliphatic heterocycles. The Kier molecular flexibility index (Phi) is 16.4. The lowest BCUT2D eigenvalue weighted by Gasteiger charge is -2.31. The van der Waals surface area contributed by atoms with Gasteiger partial charge in [0.15, 0.2) is 5.78 Å². The van der Waals surface area contributed by atoms with Gasteiger partial charge in [0.1, 0.15) is 11.4 Å². The minimum Gasteiger partial charge on any atom is -0.362 e. The number of benzene rings is 4. The average Bonchev–Trinajstić information content (AvgIpc) is 1.58. The van der Waals surface area contributed by atoms with Gasteiger partial charge in [-0.1, -0.05) is 17.7 Å². The molecule has 510 valence electrons. The number of fused-ring (bicyclic) bond motifs is 16. The van der Waals surface area contributed by atoms with Gasteiger partial charge < -0.3 is 34.8 Å². The van der Waals surface area contributed by atoms with E-state index >= 15 is 0 Å². The highest BCUT2D eigenvalue weighted by molar-refractivity contribution is 7.85. The average molecular weight is 1350 g/mol. The number of H-pyrrole nitrogens is 4. The van der Waals surface area contributed by atoms with E-state index < -0.39 is 56.1 Å². The zero-order chi connectivity index (χ0) is 69.8. The van der Waals surface area contributed by atoms with Crippen LogP contribution in [0.3, 0.4) is 0 Å². The number of aryl methyl sites for hydroxylation is 4. The number of alkyl halides is 6. The van der Waals surface area contributed by atoms with Crippen molar-refractivity contribution in [2.45, 2.75) is 212 Å². The standard InChI is InChI=1S/C22H25F3N4O2.C22H23F3N4O.C20H24N2O2.C7H8O3S/c1-10(2)29-16-8-12-11-6-5-7-13-18(27-28-21(13,31)22(23,24)25)17(11)26-15(12)9-14(16)20(3,4)19(29)30;1-10(2)29-16-8-13-11-6-5-7-12-18(27-28-19(12)22(23,24)25)17(11)26-15(13)9-14(16)21(3,4)20(29)30;1-11(2)22-16-9-13-12-7-5-6-8-17(23)18(12)21-15(13)10-14(16)20(3,4)19(22)24;1-6-2-4-7(5-3-6)11(8,9)10/h8-10,13,26,28,31H,5-7H2,1-4H3;8-10,26H,5-7H2,1-4H3,(H,27,28);9-11,21H,5-8H2,1-4H3;2-5H,1H3,(H,8,9,10). The van der Waals surface area contributed by atoms with Crippen LogP contribution in [0, 0.1) is 12.8 Å². The maximum absolute atomic E-state index is 13.6. The molecule has 0 bridgehead atoms. The smallest absolute Gasteiger partial charge is 0.362 e. The molecule has 0 saturated carbocycles. The van der Waals surface area contributed by atoms with Crippen LogP contribution in [0.5, 0.6) is 0 Å². The summed E-state index contributed by atoms with van der Waals surface area (Å²) in [5, 5.41) is 23.5. The van der Waals surface area contributed by atoms with E-state index in [1.54, 1.807) is 17.0 Å². The molecule has 0 saturated heterocycles. The van der Waals surface area contributed by atoms with Crippen LogP contribution in [0.1, 0.15) is 188 Å². The van der Waals surface area contributed by atoms with E-state index in [9.17, 15) is 59.0 Å². The van der Waals surface area contributed by atoms with E-state index in [2.05, 4.69) is 56.2 Å². The van der Waals surface area contributed by atoms with E-state index in [-0.39, 0.29) is 64.2 Å². The lowest BCUT2D eigenvalue weighted by Crippen LogP contribution is -2.58. The number of carbonyl (C=O) groups is 4. The van der Waals surface area contributed by atoms with Crippen LogP contribution in [0.15, 0.2) is 70.7 Å². The molecule has 0 radical (unpaired) electrons. The molecule has 0 fully saturated rings. The van der Waals surface area contributed by atoms with Gasteiger partial charge in [-0.05, 0) is 230 Å². The first-order valence-electron chi connectivity index (χ1n) is 32.7. The number of aromatic nitrogens is 5. The number of halogens is 6. The first-order valence-corrected chi connectivity index (χ1v) is 34.1. The number of amides is 3. The predicted octanol–water partition coefficient (Wildman–Crippen LogP) is 14.2. The molecule has 8 aromatic rings. The molecular weight excluding hydrogens is 1270 g/mol. The number of aromatic amines is 4. The lowest BCUT2D eigenvalue weighted by molar-refractivity contribution is -0.281. The third-order valence-electron chi connectivity index (χ3n) is 20.4. The molecule has 96 heavy (non-hydrogen) atoms. The minimum absolute atomic E-state index is 0.0142. The van der Waals surface area contributed by atoms with Gasteiger partial charge in [0.2, 0.25) is 17.7 Å². The third-order valence-corrected chi connectivity index (χ3v) is 21.3. The number of nitrogens with one attached hydrogen (secondary N) is 5. The Balaban J connectivity index is 0.000000128. The van der Waals surface area contributed by atoms with Gasteiger partial charge in [-0.2, -0.15) is 45.0 Å². The molecule has 2 atom stereocenters. The van der Waals surface area contributed by atoms with Crippen LogP contribution in [-0.2, 0) is 72.6 Å². The summed E-state index contributed by atoms with van der Waals surface area (Å²) >= 11 is 0. The summed E-state index contributed by atoms with van der Waals surface area (Å²) in [5.41, 5.74) is 11.1. The Morgan fingerprint density at radius 1 is 0.562 bits per heavy atom. The SMILES string of the molecule is CC(C)N1C(=O)C(C)(C)c2cc3[nH]c4c(c3cc21)CCCC1C4=NNC1(O)C(F)(F)F.CC(C)N1C(=O)C(C)(C)c2cc3[nH]c4c(c3cc21)CCCCC4=O.CC(C)N1C(=O)C(C)(C)c2cc3[nH]c4c(c3cc21)CCCc1c-4n[nH]c1C(F)(F)F.Cc1ccc(S(=O)(=O)O)cc1. The molecule has 4 aromatic heterocycles. The van der Waals surface area contributed by atoms with Gasteiger partial charge in [0.25, 0.3) is 15.8 Å². The van der Waals surface area contributed by atoms with Crippen molar-refractivity contribution in [2.24, 2.45) is 11.0 Å². The van der Waals surface area contributed by atoms with Gasteiger partial charge in [-0.15, -0.1) is 0 Å². The fourth-order valence-electron chi connectivity index (χ4n) is 15.2. The van der Waals surface area contributed by atoms with Crippen molar-refractivity contribution in [3.05, 3.63) is 122 Å². The molecule has 3 aliphatic carbocycles. The topological polar surface area (TPSA) is 253 Å². The second kappa shape index (κ2) is 23.2. The number of hydrogen-bond acceptors (Lipinski definition) is 10. The highest BCUT2D eigenvalue weighted by Gasteiger charge is 2.64. The van der Waals surface area contributed by atoms with Gasteiger partial charge in [0.05, 0.1) is 49.9 Å². The van der Waals surface area contributed by atoms with Crippen molar-refractivity contribution in [3.63, 3.8) is 0 Å². The summed E-state index contributed by atoms with van der Waals surface area (Å²) in [6, 6.07) is 18.2. The molecule has 18 nitrogen and oxygen atoms in total. The summed E-state index contributed by atoms with van der Waals surface area (Å²) in [5.74, 6) is -0.706. The van der Waals surface area contributed by atoms with E-state index in [0.29, 0.717) is 55.6 Å². The van der Waals surface area contributed by atoms with Crippen LogP contribution in [0.4, 0.5) is 43.4 Å². The summed E-state index contributed by atoms with van der Waals surface area (Å²) in [4.78, 5) is 66.7. The zero-order valence-electron chi connectivity index (χ0n) is 55.9. The number of hydrazone groups is 1. The molecule has 4 aromatic carbocycles. The van der Waals surface area contributed by atoms with Crippen molar-refractivity contribution in [2.75, 3.05) is 14.7 Å². The van der Waals surface area contributed by atoms with E-state index in [1.165, 1.54) is 12.1 Å². The van der Waals surface area contributed by atoms with Crippen LogP contribution in [-0.4, -0.2) is 102 Å². The van der Waals surface area contributed by atoms with Gasteiger partial charge >= 0.3 is 12.4 Å². The first kappa shape index (κ1) is 67.7. The second-order valence-corrected chi connectivity index (χ2v) is 30.3. The Labute approximate surface area is 551 Å². The number of aliphatic hydroxyl groups is 1. The molecule has 25 heteroatoms. The van der Waals surface area contributed by atoms with Crippen LogP contribution in [0.25, 0.3) is 44.1 Å². The first-order chi connectivity index (χ1) is 44.7. The molecule has 0 spiro atoms. The van der Waals surface area contributed by atoms with Gasteiger partial charge in [0, 0.05) is 79.9 Å². The molecule has 3 amide bonds. The summed E-state index contributed by atoms with van der Waals surface area (Å²) in [7, 11) is -4.02. The number of rotatable bonds is 4. The van der Waals surface area contributed by atoms with Crippen LogP contribution in [0.2, 0.25) is 0 Å². The second-order valence-electron chi connectivity index (χ2n) is 28.9. The van der Waals surface area contributed by atoms with Crippen molar-refractivity contribution in [3.8, 4) is 11.4 Å². The Hall–Kier alpha value is -8.29. The molecule has 15 rings (SSSR count). The van der Waals surface area contributed by atoms with Crippen molar-refractivity contribution < 1.29 is 63.6 Å². The summed E-state index contributed by atoms with van der Waals surface area (Å²) < 4.78 is 111. The fraction of sp³-hybridized carbons (Fsp3) is 0.465. The van der Waals surface area contributed by atoms with E-state index in [4.69, 9.17) is 4.55 Å². The van der Waals surface area contributed by atoms with Crippen molar-refractivity contribution >= 4 is 89.1 Å². The number of anilines is 3. The van der Waals surface area contributed by atoms with Gasteiger partial charge in [-0.3, -0.25) is 34.3 Å². The predicted molar refractivity (Wildman–Crippen MR) is 356 cm³/mol. The minimum atomic E-state index is -4.84. The van der Waals surface area contributed by atoms with E-state index in [1.807, 2.05) is 116 Å². The molecule has 7 N–H and O–H groups in total. The monoisotopic (exact) mass is 1350 g/mol. The maximum atomic E-state index is 13.6. The molecule has 2 unspecified atom stereocenters. The normalized spacial score (nSPS) is 20.6. The van der Waals surface area contributed by atoms with Crippen LogP contribution < -0.4 is 20.1 Å². The van der Waals surface area contributed by atoms with Crippen molar-refractivity contribution in [1.82, 2.24) is 30.6 Å². The molecule has 7 aliphatic rings. The van der Waals surface area contributed by atoms with Gasteiger partial charge in [-0.25, -0.2) is 0 Å². The fourth-order valence-corrected chi connectivity index (χ4v) is 15.7. The Morgan fingerprint density at radius 2 is 0.969 bits per heavy atom. The third kappa shape index (κ3) is 10.8. The number of carbonyl (C=O) groups excluding carboxylic acids is 4. The Morgan fingerprint density at radius 3 is 1.42 bits per heavy atom. The maximum Gasteiger partial charge on any atom is 0.438 e. The molecule has 8 heterocycles. The number of hydrogen-bond donors (Lipinski definition) is 7. The number of nitrogens with zero attached hydrogens (tertiary/aromatic N) is 5. The highest BCUT2D eigenvalue weighted by Crippen LogP contribution is 2.51.